The first kappa shape index (κ1) is 18.4. The SMILES string of the molecule is Cc1ccc(S(=O)Nc2ccc(NC(=O)c3cccc(Br)c3)cc2)cc1. The molecule has 0 bridgehead atoms. The van der Waals surface area contributed by atoms with Crippen LogP contribution in [0, 0.1) is 6.92 Å². The second-order valence-corrected chi connectivity index (χ2v) is 7.85. The first-order chi connectivity index (χ1) is 12.5. The van der Waals surface area contributed by atoms with Gasteiger partial charge in [-0.05, 0) is 61.5 Å². The Morgan fingerprint density at radius 1 is 0.923 bits per heavy atom. The molecule has 1 amide bonds. The average molecular weight is 429 g/mol. The number of hydrogen-bond donors (Lipinski definition) is 2. The number of nitrogens with one attached hydrogen (secondary N) is 2. The van der Waals surface area contributed by atoms with Crippen LogP contribution in [0.5, 0.6) is 0 Å². The van der Waals surface area contributed by atoms with Gasteiger partial charge < -0.3 is 10.0 Å². The minimum absolute atomic E-state index is 0.185. The summed E-state index contributed by atoms with van der Waals surface area (Å²) in [5.41, 5.74) is 3.07. The van der Waals surface area contributed by atoms with Gasteiger partial charge in [-0.1, -0.05) is 39.7 Å². The van der Waals surface area contributed by atoms with Crippen LogP contribution in [-0.4, -0.2) is 10.1 Å². The highest BCUT2D eigenvalue weighted by atomic mass is 79.9. The molecule has 0 fully saturated rings. The summed E-state index contributed by atoms with van der Waals surface area (Å²) in [6, 6.07) is 21.8. The highest BCUT2D eigenvalue weighted by molar-refractivity contribution is 9.10. The molecule has 2 N–H and O–H groups in total. The summed E-state index contributed by atoms with van der Waals surface area (Å²) in [5, 5.41) is 2.84. The zero-order valence-electron chi connectivity index (χ0n) is 14.0. The van der Waals surface area contributed by atoms with Gasteiger partial charge in [0.15, 0.2) is 0 Å². The molecule has 3 rings (SSSR count). The van der Waals surface area contributed by atoms with Gasteiger partial charge in [-0.15, -0.1) is 0 Å². The van der Waals surface area contributed by atoms with Gasteiger partial charge in [0, 0.05) is 21.4 Å². The molecule has 3 aromatic rings. The van der Waals surface area contributed by atoms with E-state index < -0.39 is 11.0 Å². The first-order valence-corrected chi connectivity index (χ1v) is 9.87. The fourth-order valence-corrected chi connectivity index (χ4v) is 3.53. The van der Waals surface area contributed by atoms with E-state index in [1.54, 1.807) is 36.4 Å². The Balaban J connectivity index is 1.64. The molecule has 0 heterocycles. The fraction of sp³-hybridized carbons (Fsp3) is 0.0500. The number of halogens is 1. The molecule has 6 heteroatoms. The molecule has 0 radical (unpaired) electrons. The number of carbonyl (C=O) groups excluding carboxylic acids is 1. The van der Waals surface area contributed by atoms with Crippen LogP contribution in [0.25, 0.3) is 0 Å². The van der Waals surface area contributed by atoms with Crippen LogP contribution in [0.3, 0.4) is 0 Å². The van der Waals surface area contributed by atoms with Crippen LogP contribution in [-0.2, 0) is 11.0 Å². The topological polar surface area (TPSA) is 58.2 Å². The normalized spacial score (nSPS) is 11.6. The lowest BCUT2D eigenvalue weighted by Gasteiger charge is -2.09. The Bertz CT molecular complexity index is 941. The Labute approximate surface area is 163 Å². The van der Waals surface area contributed by atoms with Crippen molar-refractivity contribution in [1.29, 1.82) is 0 Å². The monoisotopic (exact) mass is 428 g/mol. The van der Waals surface area contributed by atoms with Crippen LogP contribution < -0.4 is 10.0 Å². The molecule has 26 heavy (non-hydrogen) atoms. The van der Waals surface area contributed by atoms with Crippen molar-refractivity contribution in [2.75, 3.05) is 10.0 Å². The van der Waals surface area contributed by atoms with Crippen molar-refractivity contribution in [3.8, 4) is 0 Å². The van der Waals surface area contributed by atoms with E-state index in [0.717, 1.165) is 10.0 Å². The highest BCUT2D eigenvalue weighted by Crippen LogP contribution is 2.18. The Morgan fingerprint density at radius 3 is 2.23 bits per heavy atom. The second-order valence-electron chi connectivity index (χ2n) is 5.73. The first-order valence-electron chi connectivity index (χ1n) is 7.93. The summed E-state index contributed by atoms with van der Waals surface area (Å²) in [6.45, 7) is 1.99. The van der Waals surface area contributed by atoms with Gasteiger partial charge in [0.25, 0.3) is 5.91 Å². The van der Waals surface area contributed by atoms with Crippen LogP contribution in [0.1, 0.15) is 15.9 Å². The number of carbonyl (C=O) groups is 1. The molecule has 3 aromatic carbocycles. The molecule has 0 aliphatic heterocycles. The fourth-order valence-electron chi connectivity index (χ4n) is 2.28. The lowest BCUT2D eigenvalue weighted by Crippen LogP contribution is -2.11. The van der Waals surface area contributed by atoms with Gasteiger partial charge in [0.1, 0.15) is 11.0 Å². The van der Waals surface area contributed by atoms with Crippen LogP contribution in [0.2, 0.25) is 0 Å². The lowest BCUT2D eigenvalue weighted by molar-refractivity contribution is 0.102. The average Bonchev–Trinajstić information content (AvgIpc) is 2.64. The molecule has 0 aliphatic rings. The third-order valence-electron chi connectivity index (χ3n) is 3.68. The van der Waals surface area contributed by atoms with E-state index in [2.05, 4.69) is 26.0 Å². The van der Waals surface area contributed by atoms with E-state index in [0.29, 0.717) is 21.8 Å². The van der Waals surface area contributed by atoms with Crippen molar-refractivity contribution in [2.45, 2.75) is 11.8 Å². The second kappa shape index (κ2) is 8.29. The van der Waals surface area contributed by atoms with Gasteiger partial charge in [-0.2, -0.15) is 0 Å². The molecule has 0 aliphatic carbocycles. The van der Waals surface area contributed by atoms with Crippen molar-refractivity contribution in [1.82, 2.24) is 0 Å². The molecular weight excluding hydrogens is 412 g/mol. The standard InChI is InChI=1S/C20H17BrN2O2S/c1-14-5-11-19(12-6-14)26(25)23-18-9-7-17(8-10-18)22-20(24)15-3-2-4-16(21)13-15/h2-13,23H,1H3,(H,22,24). The largest absolute Gasteiger partial charge is 0.322 e. The molecule has 1 unspecified atom stereocenters. The maximum atomic E-state index is 12.3. The van der Waals surface area contributed by atoms with Crippen molar-refractivity contribution >= 4 is 44.2 Å². The Kier molecular flexibility index (Phi) is 5.85. The molecule has 0 aromatic heterocycles. The summed E-state index contributed by atoms with van der Waals surface area (Å²) >= 11 is 3.35. The number of rotatable bonds is 5. The lowest BCUT2D eigenvalue weighted by atomic mass is 10.2. The zero-order chi connectivity index (χ0) is 18.5. The number of aryl methyl sites for hydroxylation is 1. The van der Waals surface area contributed by atoms with Crippen LogP contribution in [0.15, 0.2) is 82.2 Å². The van der Waals surface area contributed by atoms with E-state index in [9.17, 15) is 9.00 Å². The zero-order valence-corrected chi connectivity index (χ0v) is 16.4. The summed E-state index contributed by atoms with van der Waals surface area (Å²) < 4.78 is 16.1. The van der Waals surface area contributed by atoms with Crippen molar-refractivity contribution in [3.05, 3.63) is 88.4 Å². The van der Waals surface area contributed by atoms with Crippen molar-refractivity contribution in [3.63, 3.8) is 0 Å². The number of anilines is 2. The summed E-state index contributed by atoms with van der Waals surface area (Å²) in [4.78, 5) is 13.0. The summed E-state index contributed by atoms with van der Waals surface area (Å²) in [5.74, 6) is -0.185. The molecule has 0 saturated carbocycles. The molecule has 0 saturated heterocycles. The maximum absolute atomic E-state index is 12.3. The summed E-state index contributed by atoms with van der Waals surface area (Å²) in [6.07, 6.45) is 0. The van der Waals surface area contributed by atoms with E-state index >= 15 is 0 Å². The quantitative estimate of drug-likeness (QED) is 0.590. The molecule has 0 spiro atoms. The van der Waals surface area contributed by atoms with Crippen molar-refractivity contribution in [2.24, 2.45) is 0 Å². The Morgan fingerprint density at radius 2 is 1.58 bits per heavy atom. The molecular formula is C20H17BrN2O2S. The molecule has 1 atom stereocenters. The third-order valence-corrected chi connectivity index (χ3v) is 5.29. The van der Waals surface area contributed by atoms with Gasteiger partial charge in [-0.25, -0.2) is 4.21 Å². The van der Waals surface area contributed by atoms with Gasteiger partial charge in [-0.3, -0.25) is 4.79 Å². The van der Waals surface area contributed by atoms with Crippen LogP contribution >= 0.6 is 15.9 Å². The third kappa shape index (κ3) is 4.80. The van der Waals surface area contributed by atoms with Gasteiger partial charge in [0.05, 0.1) is 4.90 Å². The predicted octanol–water partition coefficient (Wildman–Crippen LogP) is 5.14. The minimum atomic E-state index is -1.33. The predicted molar refractivity (Wildman–Crippen MR) is 110 cm³/mol. The van der Waals surface area contributed by atoms with Crippen LogP contribution in [0.4, 0.5) is 11.4 Å². The smallest absolute Gasteiger partial charge is 0.255 e. The van der Waals surface area contributed by atoms with E-state index in [1.165, 1.54) is 0 Å². The molecule has 4 nitrogen and oxygen atoms in total. The number of amides is 1. The number of hydrogen-bond acceptors (Lipinski definition) is 2. The van der Waals surface area contributed by atoms with Crippen molar-refractivity contribution < 1.29 is 9.00 Å². The minimum Gasteiger partial charge on any atom is -0.322 e. The van der Waals surface area contributed by atoms with Gasteiger partial charge >= 0.3 is 0 Å². The summed E-state index contributed by atoms with van der Waals surface area (Å²) in [7, 11) is -1.33. The van der Waals surface area contributed by atoms with E-state index in [-0.39, 0.29) is 5.91 Å². The Hall–Kier alpha value is -2.44. The highest BCUT2D eigenvalue weighted by Gasteiger charge is 2.07. The maximum Gasteiger partial charge on any atom is 0.255 e. The number of benzene rings is 3. The molecule has 132 valence electrons. The van der Waals surface area contributed by atoms with Gasteiger partial charge in [0.2, 0.25) is 0 Å². The van der Waals surface area contributed by atoms with E-state index in [1.807, 2.05) is 43.3 Å². The van der Waals surface area contributed by atoms with E-state index in [4.69, 9.17) is 0 Å².